The summed E-state index contributed by atoms with van der Waals surface area (Å²) in [5.41, 5.74) is 1.55. The first kappa shape index (κ1) is 18.9. The van der Waals surface area contributed by atoms with Crippen LogP contribution < -0.4 is 10.1 Å². The molecule has 2 aromatic rings. The normalized spacial score (nSPS) is 10.1. The van der Waals surface area contributed by atoms with Crippen molar-refractivity contribution in [3.8, 4) is 5.75 Å². The summed E-state index contributed by atoms with van der Waals surface area (Å²) in [5.74, 6) is -0.452. The number of methoxy groups -OCH3 is 1. The van der Waals surface area contributed by atoms with Gasteiger partial charge in [0.15, 0.2) is 6.61 Å². The van der Waals surface area contributed by atoms with E-state index in [2.05, 4.69) is 5.32 Å². The van der Waals surface area contributed by atoms with Crippen LogP contribution in [0.1, 0.15) is 11.1 Å². The quantitative estimate of drug-likeness (QED) is 0.463. The first-order valence-corrected chi connectivity index (χ1v) is 7.72. The summed E-state index contributed by atoms with van der Waals surface area (Å²) in [6.07, 6.45) is 0.0209. The van der Waals surface area contributed by atoms with Crippen LogP contribution in [-0.2, 0) is 20.7 Å². The van der Waals surface area contributed by atoms with E-state index in [1.54, 1.807) is 38.3 Å². The Morgan fingerprint density at radius 1 is 1.15 bits per heavy atom. The minimum absolute atomic E-state index is 0.0209. The van der Waals surface area contributed by atoms with Crippen molar-refractivity contribution in [1.29, 1.82) is 0 Å². The van der Waals surface area contributed by atoms with E-state index in [9.17, 15) is 19.7 Å². The van der Waals surface area contributed by atoms with Crippen LogP contribution in [0.15, 0.2) is 42.5 Å². The molecule has 0 aliphatic carbocycles. The van der Waals surface area contributed by atoms with Crippen molar-refractivity contribution in [2.24, 2.45) is 0 Å². The summed E-state index contributed by atoms with van der Waals surface area (Å²) in [5, 5.41) is 13.3. The molecule has 0 saturated heterocycles. The molecule has 1 N–H and O–H groups in total. The Morgan fingerprint density at radius 2 is 1.85 bits per heavy atom. The monoisotopic (exact) mass is 358 g/mol. The summed E-state index contributed by atoms with van der Waals surface area (Å²) >= 11 is 0. The molecular weight excluding hydrogens is 340 g/mol. The van der Waals surface area contributed by atoms with Gasteiger partial charge in [0.05, 0.1) is 24.1 Å². The number of ether oxygens (including phenoxy) is 2. The van der Waals surface area contributed by atoms with Gasteiger partial charge in [-0.25, -0.2) is 0 Å². The number of hydrogen-bond acceptors (Lipinski definition) is 6. The van der Waals surface area contributed by atoms with Crippen LogP contribution in [0.2, 0.25) is 0 Å². The van der Waals surface area contributed by atoms with Gasteiger partial charge in [-0.3, -0.25) is 19.7 Å². The van der Waals surface area contributed by atoms with Gasteiger partial charge in [0, 0.05) is 12.1 Å². The largest absolute Gasteiger partial charge is 0.497 e. The van der Waals surface area contributed by atoms with Crippen LogP contribution in [0.4, 0.5) is 11.4 Å². The molecule has 8 nitrogen and oxygen atoms in total. The summed E-state index contributed by atoms with van der Waals surface area (Å²) in [6.45, 7) is 1.23. The van der Waals surface area contributed by atoms with Gasteiger partial charge >= 0.3 is 5.97 Å². The Bertz CT molecular complexity index is 817. The van der Waals surface area contributed by atoms with Crippen molar-refractivity contribution in [2.45, 2.75) is 13.3 Å². The predicted octanol–water partition coefficient (Wildman–Crippen LogP) is 2.64. The zero-order valence-corrected chi connectivity index (χ0v) is 14.4. The highest BCUT2D eigenvalue weighted by Crippen LogP contribution is 2.21. The van der Waals surface area contributed by atoms with E-state index in [0.29, 0.717) is 17.0 Å². The number of nitrogens with zero attached hydrogens (tertiary/aromatic N) is 1. The number of hydrogen-bond donors (Lipinski definition) is 1. The molecule has 136 valence electrons. The lowest BCUT2D eigenvalue weighted by Gasteiger charge is -2.09. The van der Waals surface area contributed by atoms with Crippen LogP contribution >= 0.6 is 0 Å². The summed E-state index contributed by atoms with van der Waals surface area (Å²) in [4.78, 5) is 34.0. The fourth-order valence-corrected chi connectivity index (χ4v) is 2.15. The number of esters is 1. The third-order valence-corrected chi connectivity index (χ3v) is 3.58. The highest BCUT2D eigenvalue weighted by Gasteiger charge is 2.13. The van der Waals surface area contributed by atoms with Crippen LogP contribution in [0.3, 0.4) is 0 Å². The average molecular weight is 358 g/mol. The van der Waals surface area contributed by atoms with Gasteiger partial charge in [-0.05, 0) is 30.2 Å². The molecule has 8 heteroatoms. The zero-order valence-electron chi connectivity index (χ0n) is 14.4. The third kappa shape index (κ3) is 5.30. The highest BCUT2D eigenvalue weighted by atomic mass is 16.6. The van der Waals surface area contributed by atoms with Crippen molar-refractivity contribution in [1.82, 2.24) is 0 Å². The van der Waals surface area contributed by atoms with Crippen molar-refractivity contribution >= 4 is 23.3 Å². The Morgan fingerprint density at radius 3 is 2.46 bits per heavy atom. The second-order valence-corrected chi connectivity index (χ2v) is 5.49. The predicted molar refractivity (Wildman–Crippen MR) is 94.1 cm³/mol. The van der Waals surface area contributed by atoms with Crippen molar-refractivity contribution in [3.63, 3.8) is 0 Å². The minimum atomic E-state index is -0.573. The molecule has 0 unspecified atom stereocenters. The summed E-state index contributed by atoms with van der Waals surface area (Å²) in [6, 6.07) is 11.0. The van der Waals surface area contributed by atoms with Crippen LogP contribution in [0, 0.1) is 17.0 Å². The first-order chi connectivity index (χ1) is 12.4. The van der Waals surface area contributed by atoms with E-state index < -0.39 is 23.4 Å². The minimum Gasteiger partial charge on any atom is -0.497 e. The molecule has 2 aromatic carbocycles. The highest BCUT2D eigenvalue weighted by molar-refractivity contribution is 5.93. The molecule has 0 aliphatic heterocycles. The van der Waals surface area contributed by atoms with Crippen LogP contribution in [0.5, 0.6) is 5.75 Å². The standard InChI is InChI=1S/C18H18N2O6/c1-12-3-6-14(20(23)24)10-16(12)19-17(21)11-26-18(22)9-13-4-7-15(25-2)8-5-13/h3-8,10H,9,11H2,1-2H3,(H,19,21). The number of nitro groups is 1. The lowest BCUT2D eigenvalue weighted by molar-refractivity contribution is -0.384. The van der Waals surface area contributed by atoms with Crippen molar-refractivity contribution in [2.75, 3.05) is 19.0 Å². The lowest BCUT2D eigenvalue weighted by atomic mass is 10.1. The maximum Gasteiger partial charge on any atom is 0.310 e. The number of carbonyl (C=O) groups is 2. The Kier molecular flexibility index (Phi) is 6.26. The Balaban J connectivity index is 1.87. The Labute approximate surface area is 149 Å². The first-order valence-electron chi connectivity index (χ1n) is 7.72. The molecule has 0 fully saturated rings. The number of anilines is 1. The number of benzene rings is 2. The van der Waals surface area contributed by atoms with E-state index in [0.717, 1.165) is 5.56 Å². The number of carbonyl (C=O) groups excluding carboxylic acids is 2. The number of aryl methyl sites for hydroxylation is 1. The Hall–Kier alpha value is -3.42. The topological polar surface area (TPSA) is 108 Å². The average Bonchev–Trinajstić information content (AvgIpc) is 2.62. The van der Waals surface area contributed by atoms with E-state index in [-0.39, 0.29) is 12.1 Å². The summed E-state index contributed by atoms with van der Waals surface area (Å²) < 4.78 is 9.97. The van der Waals surface area contributed by atoms with Crippen molar-refractivity contribution < 1.29 is 24.0 Å². The van der Waals surface area contributed by atoms with Crippen LogP contribution in [-0.4, -0.2) is 30.5 Å². The molecule has 0 heterocycles. The second kappa shape index (κ2) is 8.61. The van der Waals surface area contributed by atoms with Gasteiger partial charge in [0.1, 0.15) is 5.75 Å². The molecule has 0 bridgehead atoms. The van der Waals surface area contributed by atoms with Crippen LogP contribution in [0.25, 0.3) is 0 Å². The fourth-order valence-electron chi connectivity index (χ4n) is 2.15. The fraction of sp³-hybridized carbons (Fsp3) is 0.222. The molecule has 0 saturated carbocycles. The van der Waals surface area contributed by atoms with E-state index >= 15 is 0 Å². The molecule has 1 amide bonds. The lowest BCUT2D eigenvalue weighted by Crippen LogP contribution is -2.22. The van der Waals surface area contributed by atoms with Crippen molar-refractivity contribution in [3.05, 3.63) is 63.7 Å². The number of rotatable bonds is 7. The number of nitrogens with one attached hydrogen (secondary N) is 1. The van der Waals surface area contributed by atoms with Gasteiger partial charge < -0.3 is 14.8 Å². The molecule has 0 aliphatic rings. The van der Waals surface area contributed by atoms with E-state index in [1.165, 1.54) is 18.2 Å². The zero-order chi connectivity index (χ0) is 19.1. The molecular formula is C18H18N2O6. The SMILES string of the molecule is COc1ccc(CC(=O)OCC(=O)Nc2cc([N+](=O)[O-])ccc2C)cc1. The molecule has 0 aromatic heterocycles. The van der Waals surface area contributed by atoms with E-state index in [1.807, 2.05) is 0 Å². The second-order valence-electron chi connectivity index (χ2n) is 5.49. The maximum atomic E-state index is 11.9. The molecule has 2 rings (SSSR count). The molecule has 26 heavy (non-hydrogen) atoms. The maximum absolute atomic E-state index is 11.9. The number of non-ortho nitro benzene ring substituents is 1. The van der Waals surface area contributed by atoms with E-state index in [4.69, 9.17) is 9.47 Å². The van der Waals surface area contributed by atoms with Gasteiger partial charge in [-0.15, -0.1) is 0 Å². The molecule has 0 atom stereocenters. The van der Waals surface area contributed by atoms with Gasteiger partial charge in [-0.1, -0.05) is 18.2 Å². The number of nitro benzene ring substituents is 1. The molecule has 0 radical (unpaired) electrons. The summed E-state index contributed by atoms with van der Waals surface area (Å²) in [7, 11) is 1.55. The molecule has 0 spiro atoms. The van der Waals surface area contributed by atoms with Gasteiger partial charge in [0.25, 0.3) is 11.6 Å². The smallest absolute Gasteiger partial charge is 0.310 e. The number of amides is 1. The third-order valence-electron chi connectivity index (χ3n) is 3.58. The van der Waals surface area contributed by atoms with Gasteiger partial charge in [0.2, 0.25) is 0 Å². The van der Waals surface area contributed by atoms with Gasteiger partial charge in [-0.2, -0.15) is 0 Å².